The monoisotopic (exact) mass is 242 g/mol. The van der Waals surface area contributed by atoms with Gasteiger partial charge in [-0.1, -0.05) is 6.07 Å². The Labute approximate surface area is 95.1 Å². The first-order valence-electron chi connectivity index (χ1n) is 4.59. The number of aromatic hydroxyl groups is 1. The number of hydrogen-bond acceptors (Lipinski definition) is 3. The Hall–Kier alpha value is -1.56. The van der Waals surface area contributed by atoms with Crippen molar-refractivity contribution >= 4 is 16.4 Å². The molecule has 0 unspecified atom stereocenters. The molecule has 1 aromatic rings. The van der Waals surface area contributed by atoms with Crippen LogP contribution in [0.3, 0.4) is 0 Å². The smallest absolute Gasteiger partial charge is 0.287 e. The number of phenolic OH excluding ortho intramolecular Hbond substituents is 1. The third-order valence-electron chi connectivity index (χ3n) is 1.81. The van der Waals surface area contributed by atoms with Gasteiger partial charge in [0.1, 0.15) is 17.0 Å². The van der Waals surface area contributed by atoms with Crippen molar-refractivity contribution < 1.29 is 13.5 Å². The summed E-state index contributed by atoms with van der Waals surface area (Å²) in [7, 11) is -0.507. The minimum Gasteiger partial charge on any atom is -0.507 e. The highest BCUT2D eigenvalue weighted by atomic mass is 32.2. The molecule has 5 nitrogen and oxygen atoms in total. The molecule has 88 valence electrons. The molecule has 1 aromatic carbocycles. The van der Waals surface area contributed by atoms with Gasteiger partial charge in [-0.15, -0.1) is 4.40 Å². The second-order valence-electron chi connectivity index (χ2n) is 3.63. The predicted octanol–water partition coefficient (Wildman–Crippen LogP) is 0.979. The van der Waals surface area contributed by atoms with Gasteiger partial charge in [-0.25, -0.2) is 0 Å². The van der Waals surface area contributed by atoms with Crippen LogP contribution in [0.5, 0.6) is 5.75 Å². The highest BCUT2D eigenvalue weighted by Crippen LogP contribution is 2.24. The van der Waals surface area contributed by atoms with Crippen molar-refractivity contribution in [2.45, 2.75) is 11.8 Å². The predicted molar refractivity (Wildman–Crippen MR) is 62.2 cm³/mol. The molecule has 0 atom stereocenters. The number of rotatable bonds is 3. The molecule has 0 spiro atoms. The van der Waals surface area contributed by atoms with E-state index in [9.17, 15) is 13.5 Å². The Morgan fingerprint density at radius 2 is 2.00 bits per heavy atom. The summed E-state index contributed by atoms with van der Waals surface area (Å²) in [6, 6.07) is 4.36. The van der Waals surface area contributed by atoms with E-state index < -0.39 is 10.0 Å². The Morgan fingerprint density at radius 1 is 1.38 bits per heavy atom. The van der Waals surface area contributed by atoms with Gasteiger partial charge in [-0.3, -0.25) is 0 Å². The van der Waals surface area contributed by atoms with Crippen LogP contribution in [-0.4, -0.2) is 38.9 Å². The van der Waals surface area contributed by atoms with Crippen LogP contribution < -0.4 is 0 Å². The normalized spacial score (nSPS) is 11.9. The summed E-state index contributed by atoms with van der Waals surface area (Å²) < 4.78 is 26.9. The lowest BCUT2D eigenvalue weighted by atomic mass is 10.2. The first-order chi connectivity index (χ1) is 7.33. The Kier molecular flexibility index (Phi) is 3.54. The summed E-state index contributed by atoms with van der Waals surface area (Å²) >= 11 is 0. The number of phenols is 1. The van der Waals surface area contributed by atoms with Crippen LogP contribution in [0.25, 0.3) is 0 Å². The largest absolute Gasteiger partial charge is 0.507 e. The Bertz CT molecular complexity index is 507. The van der Waals surface area contributed by atoms with Gasteiger partial charge in [0.2, 0.25) is 0 Å². The fraction of sp³-hybridized carbons (Fsp3) is 0.300. The zero-order valence-corrected chi connectivity index (χ0v) is 10.2. The first-order valence-corrected chi connectivity index (χ1v) is 6.03. The average Bonchev–Trinajstić information content (AvgIpc) is 2.19. The maximum Gasteiger partial charge on any atom is 0.287 e. The van der Waals surface area contributed by atoms with Gasteiger partial charge in [0.05, 0.1) is 0 Å². The minimum atomic E-state index is -3.83. The zero-order chi connectivity index (χ0) is 12.3. The molecular weight excluding hydrogens is 228 g/mol. The van der Waals surface area contributed by atoms with Gasteiger partial charge >= 0.3 is 0 Å². The van der Waals surface area contributed by atoms with Gasteiger partial charge < -0.3 is 10.0 Å². The molecule has 6 heteroatoms. The highest BCUT2D eigenvalue weighted by molar-refractivity contribution is 7.90. The standard InChI is InChI=1S/C10H14N2O3S/c1-8-4-5-9(13)10(6-8)16(14,15)11-7-12(2)3/h4-7,13H,1-3H3. The van der Waals surface area contributed by atoms with Crippen LogP contribution in [0.1, 0.15) is 5.56 Å². The Morgan fingerprint density at radius 3 is 2.56 bits per heavy atom. The van der Waals surface area contributed by atoms with Crippen LogP contribution in [0.15, 0.2) is 27.5 Å². The van der Waals surface area contributed by atoms with Crippen molar-refractivity contribution in [3.63, 3.8) is 0 Å². The van der Waals surface area contributed by atoms with E-state index in [1.165, 1.54) is 23.4 Å². The van der Waals surface area contributed by atoms with E-state index in [4.69, 9.17) is 0 Å². The molecule has 1 rings (SSSR count). The lowest BCUT2D eigenvalue weighted by Crippen LogP contribution is -2.10. The van der Waals surface area contributed by atoms with Crippen molar-refractivity contribution in [1.82, 2.24) is 4.90 Å². The molecule has 0 amide bonds. The lowest BCUT2D eigenvalue weighted by Gasteiger charge is -2.05. The van der Waals surface area contributed by atoms with Gasteiger partial charge in [0.25, 0.3) is 10.0 Å². The van der Waals surface area contributed by atoms with Gasteiger partial charge in [-0.05, 0) is 24.6 Å². The van der Waals surface area contributed by atoms with Crippen LogP contribution in [0, 0.1) is 6.92 Å². The van der Waals surface area contributed by atoms with Crippen LogP contribution in [-0.2, 0) is 10.0 Å². The lowest BCUT2D eigenvalue weighted by molar-refractivity contribution is 0.458. The van der Waals surface area contributed by atoms with E-state index in [-0.39, 0.29) is 10.6 Å². The van der Waals surface area contributed by atoms with Crippen LogP contribution >= 0.6 is 0 Å². The molecule has 0 aliphatic rings. The van der Waals surface area contributed by atoms with E-state index in [0.717, 1.165) is 5.56 Å². The molecule has 0 fully saturated rings. The molecule has 0 aromatic heterocycles. The topological polar surface area (TPSA) is 70.0 Å². The molecule has 0 aliphatic heterocycles. The maximum absolute atomic E-state index is 11.7. The van der Waals surface area contributed by atoms with Crippen LogP contribution in [0.2, 0.25) is 0 Å². The molecule has 0 heterocycles. The summed E-state index contributed by atoms with van der Waals surface area (Å²) in [5.41, 5.74) is 0.747. The summed E-state index contributed by atoms with van der Waals surface area (Å²) in [5.74, 6) is -0.290. The van der Waals surface area contributed by atoms with Gasteiger partial charge in [-0.2, -0.15) is 8.42 Å². The second kappa shape index (κ2) is 4.52. The van der Waals surface area contributed by atoms with Crippen molar-refractivity contribution in [2.24, 2.45) is 4.40 Å². The molecule has 1 N–H and O–H groups in total. The zero-order valence-electron chi connectivity index (χ0n) is 9.38. The molecule has 0 radical (unpaired) electrons. The maximum atomic E-state index is 11.7. The van der Waals surface area contributed by atoms with E-state index in [1.807, 2.05) is 0 Å². The summed E-state index contributed by atoms with van der Waals surface area (Å²) in [6.07, 6.45) is 1.18. The minimum absolute atomic E-state index is 0.175. The Balaban J connectivity index is 3.22. The number of hydrogen-bond donors (Lipinski definition) is 1. The summed E-state index contributed by atoms with van der Waals surface area (Å²) in [4.78, 5) is 1.33. The van der Waals surface area contributed by atoms with Crippen molar-refractivity contribution in [2.75, 3.05) is 14.1 Å². The van der Waals surface area contributed by atoms with E-state index in [1.54, 1.807) is 27.1 Å². The SMILES string of the molecule is Cc1ccc(O)c(S(=O)(=O)N=CN(C)C)c1. The molecule has 16 heavy (non-hydrogen) atoms. The molecule has 0 aliphatic carbocycles. The van der Waals surface area contributed by atoms with Crippen molar-refractivity contribution in [1.29, 1.82) is 0 Å². The number of nitrogens with zero attached hydrogens (tertiary/aromatic N) is 2. The number of sulfonamides is 1. The number of aryl methyl sites for hydroxylation is 1. The van der Waals surface area contributed by atoms with Gasteiger partial charge in [0.15, 0.2) is 0 Å². The highest BCUT2D eigenvalue weighted by Gasteiger charge is 2.17. The van der Waals surface area contributed by atoms with E-state index >= 15 is 0 Å². The van der Waals surface area contributed by atoms with E-state index in [0.29, 0.717) is 0 Å². The van der Waals surface area contributed by atoms with Gasteiger partial charge in [0, 0.05) is 14.1 Å². The molecule has 0 saturated carbocycles. The van der Waals surface area contributed by atoms with Crippen molar-refractivity contribution in [3.8, 4) is 5.75 Å². The molecular formula is C10H14N2O3S. The number of benzene rings is 1. The molecule has 0 bridgehead atoms. The summed E-state index contributed by atoms with van der Waals surface area (Å²) in [5, 5.41) is 9.47. The second-order valence-corrected chi connectivity index (χ2v) is 5.23. The summed E-state index contributed by atoms with van der Waals surface area (Å²) in [6.45, 7) is 1.74. The average molecular weight is 242 g/mol. The van der Waals surface area contributed by atoms with Crippen molar-refractivity contribution in [3.05, 3.63) is 23.8 Å². The fourth-order valence-electron chi connectivity index (χ4n) is 1.04. The van der Waals surface area contributed by atoms with E-state index in [2.05, 4.69) is 4.40 Å². The quantitative estimate of drug-likeness (QED) is 0.633. The molecule has 0 saturated heterocycles. The fourth-order valence-corrected chi connectivity index (χ4v) is 2.13. The van der Waals surface area contributed by atoms with Crippen LogP contribution in [0.4, 0.5) is 0 Å². The third-order valence-corrected chi connectivity index (χ3v) is 3.06. The first kappa shape index (κ1) is 12.5. The third kappa shape index (κ3) is 2.96.